The predicted octanol–water partition coefficient (Wildman–Crippen LogP) is 4.46. The van der Waals surface area contributed by atoms with Crippen LogP contribution in [0.1, 0.15) is 44.6 Å². The Balaban J connectivity index is 2.04. The summed E-state index contributed by atoms with van der Waals surface area (Å²) in [5.41, 5.74) is 7.69. The van der Waals surface area contributed by atoms with Gasteiger partial charge in [-0.1, -0.05) is 32.0 Å². The molecule has 0 bridgehead atoms. The first-order chi connectivity index (χ1) is 9.06. The summed E-state index contributed by atoms with van der Waals surface area (Å²) in [4.78, 5) is 0.440. The summed E-state index contributed by atoms with van der Waals surface area (Å²) in [7, 11) is 0. The van der Waals surface area contributed by atoms with Crippen molar-refractivity contribution in [2.45, 2.75) is 45.1 Å². The van der Waals surface area contributed by atoms with Crippen molar-refractivity contribution in [1.29, 1.82) is 0 Å². The van der Waals surface area contributed by atoms with Gasteiger partial charge in [-0.25, -0.2) is 0 Å². The number of anilines is 1. The van der Waals surface area contributed by atoms with E-state index in [0.717, 1.165) is 21.6 Å². The van der Waals surface area contributed by atoms with E-state index >= 15 is 0 Å². The lowest BCUT2D eigenvalue weighted by Gasteiger charge is -2.19. The highest BCUT2D eigenvalue weighted by atomic mass is 79.9. The molecule has 0 aliphatic heterocycles. The Labute approximate surface area is 129 Å². The largest absolute Gasteiger partial charge is 0.389 e. The van der Waals surface area contributed by atoms with Crippen LogP contribution in [0.15, 0.2) is 22.7 Å². The molecule has 0 heterocycles. The maximum atomic E-state index is 5.64. The number of hydrogen-bond acceptors (Lipinski definition) is 2. The Morgan fingerprint density at radius 2 is 2.11 bits per heavy atom. The number of nitrogens with one attached hydrogen (secondary N) is 1. The molecule has 104 valence electrons. The molecular weight excluding hydrogens is 320 g/mol. The van der Waals surface area contributed by atoms with E-state index in [0.29, 0.717) is 11.0 Å². The van der Waals surface area contributed by atoms with Crippen molar-refractivity contribution < 1.29 is 0 Å². The molecule has 0 spiro atoms. The number of rotatable bonds is 3. The van der Waals surface area contributed by atoms with Gasteiger partial charge in [0.15, 0.2) is 0 Å². The highest BCUT2D eigenvalue weighted by Crippen LogP contribution is 2.29. The van der Waals surface area contributed by atoms with Crippen molar-refractivity contribution in [2.75, 3.05) is 5.32 Å². The quantitative estimate of drug-likeness (QED) is 0.629. The van der Waals surface area contributed by atoms with Crippen LogP contribution in [0.2, 0.25) is 0 Å². The van der Waals surface area contributed by atoms with E-state index in [1.807, 2.05) is 12.1 Å². The van der Waals surface area contributed by atoms with E-state index in [1.54, 1.807) is 0 Å². The SMILES string of the molecule is CC1CCCC(Nc2ccc(C(N)=S)cc2Br)CC1. The molecular formula is C15H21BrN2S. The summed E-state index contributed by atoms with van der Waals surface area (Å²) in [6.45, 7) is 2.36. The van der Waals surface area contributed by atoms with Crippen LogP contribution in [-0.4, -0.2) is 11.0 Å². The number of nitrogens with two attached hydrogens (primary N) is 1. The van der Waals surface area contributed by atoms with Gasteiger partial charge in [0, 0.05) is 21.8 Å². The van der Waals surface area contributed by atoms with Gasteiger partial charge in [-0.15, -0.1) is 0 Å². The highest BCUT2D eigenvalue weighted by Gasteiger charge is 2.16. The van der Waals surface area contributed by atoms with Crippen molar-refractivity contribution in [2.24, 2.45) is 11.7 Å². The topological polar surface area (TPSA) is 38.0 Å². The van der Waals surface area contributed by atoms with Crippen molar-refractivity contribution in [3.63, 3.8) is 0 Å². The second-order valence-electron chi connectivity index (χ2n) is 5.51. The smallest absolute Gasteiger partial charge is 0.104 e. The Morgan fingerprint density at radius 3 is 2.79 bits per heavy atom. The fourth-order valence-corrected chi connectivity index (χ4v) is 3.26. The lowest BCUT2D eigenvalue weighted by atomic mass is 10.0. The molecule has 0 saturated heterocycles. The average Bonchev–Trinajstić information content (AvgIpc) is 2.57. The van der Waals surface area contributed by atoms with Crippen molar-refractivity contribution in [3.05, 3.63) is 28.2 Å². The number of halogens is 1. The van der Waals surface area contributed by atoms with Gasteiger partial charge in [-0.05, 0) is 59.3 Å². The van der Waals surface area contributed by atoms with Crippen LogP contribution in [0.3, 0.4) is 0 Å². The third-order valence-corrected chi connectivity index (χ3v) is 4.76. The van der Waals surface area contributed by atoms with Crippen LogP contribution < -0.4 is 11.1 Å². The van der Waals surface area contributed by atoms with Crippen LogP contribution in [0.25, 0.3) is 0 Å². The van der Waals surface area contributed by atoms with E-state index < -0.39 is 0 Å². The molecule has 3 N–H and O–H groups in total. The zero-order valence-corrected chi connectivity index (χ0v) is 13.7. The van der Waals surface area contributed by atoms with Crippen molar-refractivity contribution in [3.8, 4) is 0 Å². The molecule has 19 heavy (non-hydrogen) atoms. The van der Waals surface area contributed by atoms with Crippen LogP contribution >= 0.6 is 28.1 Å². The Morgan fingerprint density at radius 1 is 1.32 bits per heavy atom. The predicted molar refractivity (Wildman–Crippen MR) is 89.7 cm³/mol. The van der Waals surface area contributed by atoms with E-state index in [1.165, 1.54) is 32.1 Å². The zero-order valence-electron chi connectivity index (χ0n) is 11.3. The standard InChI is InChI=1S/C15H21BrN2S/c1-10-3-2-4-12(7-5-10)18-14-8-6-11(15(17)19)9-13(14)16/h6,8-10,12,18H,2-5,7H2,1H3,(H2,17,19). The van der Waals surface area contributed by atoms with E-state index in [9.17, 15) is 0 Å². The summed E-state index contributed by atoms with van der Waals surface area (Å²) >= 11 is 8.59. The van der Waals surface area contributed by atoms with Gasteiger partial charge >= 0.3 is 0 Å². The number of thiocarbonyl (C=S) groups is 1. The normalized spacial score (nSPS) is 23.7. The lowest BCUT2D eigenvalue weighted by Crippen LogP contribution is -2.19. The van der Waals surface area contributed by atoms with E-state index in [-0.39, 0.29) is 0 Å². The molecule has 0 aromatic heterocycles. The Bertz CT molecular complexity index is 461. The lowest BCUT2D eigenvalue weighted by molar-refractivity contribution is 0.502. The maximum absolute atomic E-state index is 5.64. The van der Waals surface area contributed by atoms with Crippen LogP contribution in [0.5, 0.6) is 0 Å². The van der Waals surface area contributed by atoms with Crippen molar-refractivity contribution in [1.82, 2.24) is 0 Å². The fraction of sp³-hybridized carbons (Fsp3) is 0.533. The monoisotopic (exact) mass is 340 g/mol. The molecule has 1 aliphatic carbocycles. The van der Waals surface area contributed by atoms with Gasteiger partial charge < -0.3 is 11.1 Å². The second-order valence-corrected chi connectivity index (χ2v) is 6.81. The molecule has 1 aromatic rings. The first-order valence-corrected chi connectivity index (χ1v) is 8.12. The van der Waals surface area contributed by atoms with Crippen molar-refractivity contribution >= 4 is 38.8 Å². The zero-order chi connectivity index (χ0) is 13.8. The summed E-state index contributed by atoms with van der Waals surface area (Å²) in [5, 5.41) is 3.64. The van der Waals surface area contributed by atoms with E-state index in [2.05, 4.69) is 34.2 Å². The molecule has 0 radical (unpaired) electrons. The molecule has 2 unspecified atom stereocenters. The molecule has 2 rings (SSSR count). The molecule has 4 heteroatoms. The van der Waals surface area contributed by atoms with Gasteiger partial charge in [0.1, 0.15) is 4.99 Å². The summed E-state index contributed by atoms with van der Waals surface area (Å²) in [6, 6.07) is 6.61. The molecule has 2 atom stereocenters. The molecule has 1 fully saturated rings. The fourth-order valence-electron chi connectivity index (χ4n) is 2.64. The van der Waals surface area contributed by atoms with Gasteiger partial charge in [-0.2, -0.15) is 0 Å². The summed E-state index contributed by atoms with van der Waals surface area (Å²) in [6.07, 6.45) is 6.51. The molecule has 1 aromatic carbocycles. The number of benzene rings is 1. The minimum atomic E-state index is 0.440. The van der Waals surface area contributed by atoms with Gasteiger partial charge in [0.05, 0.1) is 0 Å². The third-order valence-electron chi connectivity index (χ3n) is 3.87. The summed E-state index contributed by atoms with van der Waals surface area (Å²) in [5.74, 6) is 0.868. The first kappa shape index (κ1) is 14.8. The Kier molecular flexibility index (Phi) is 5.22. The van der Waals surface area contributed by atoms with Crippen LogP contribution in [0, 0.1) is 5.92 Å². The second kappa shape index (κ2) is 6.71. The van der Waals surface area contributed by atoms with Crippen LogP contribution in [0.4, 0.5) is 5.69 Å². The highest BCUT2D eigenvalue weighted by molar-refractivity contribution is 9.10. The van der Waals surface area contributed by atoms with Crippen LogP contribution in [-0.2, 0) is 0 Å². The minimum absolute atomic E-state index is 0.440. The van der Waals surface area contributed by atoms with Gasteiger partial charge in [-0.3, -0.25) is 0 Å². The first-order valence-electron chi connectivity index (χ1n) is 6.92. The Hall–Kier alpha value is -0.610. The van der Waals surface area contributed by atoms with Gasteiger partial charge in [0.2, 0.25) is 0 Å². The average molecular weight is 341 g/mol. The molecule has 1 aliphatic rings. The molecule has 2 nitrogen and oxygen atoms in total. The molecule has 1 saturated carbocycles. The molecule has 0 amide bonds. The number of hydrogen-bond donors (Lipinski definition) is 2. The minimum Gasteiger partial charge on any atom is -0.389 e. The van der Waals surface area contributed by atoms with E-state index in [4.69, 9.17) is 18.0 Å². The maximum Gasteiger partial charge on any atom is 0.104 e. The summed E-state index contributed by atoms with van der Waals surface area (Å²) < 4.78 is 1.04. The third kappa shape index (κ3) is 4.18. The van der Waals surface area contributed by atoms with Gasteiger partial charge in [0.25, 0.3) is 0 Å².